The van der Waals surface area contributed by atoms with Crippen LogP contribution in [-0.2, 0) is 29.3 Å². The summed E-state index contributed by atoms with van der Waals surface area (Å²) in [4.78, 5) is 13.2. The molecule has 39 heavy (non-hydrogen) atoms. The second kappa shape index (κ2) is 12.9. The van der Waals surface area contributed by atoms with E-state index < -0.39 is 22.0 Å². The molecule has 0 radical (unpaired) electrons. The molecule has 3 aromatic rings. The van der Waals surface area contributed by atoms with Crippen molar-refractivity contribution < 1.29 is 18.3 Å². The third kappa shape index (κ3) is 7.76. The van der Waals surface area contributed by atoms with Crippen LogP contribution in [-0.4, -0.2) is 48.6 Å². The fourth-order valence-electron chi connectivity index (χ4n) is 5.19. The number of Topliss-reactive ketones (excluding diaryl/α,β-unsaturated/α-hetero) is 1. The van der Waals surface area contributed by atoms with Crippen molar-refractivity contribution in [2.24, 2.45) is 5.92 Å². The van der Waals surface area contributed by atoms with Crippen molar-refractivity contribution in [3.05, 3.63) is 103 Å². The number of aliphatic hydroxyl groups excluding tert-OH is 1. The number of sulfonamides is 1. The van der Waals surface area contributed by atoms with Gasteiger partial charge in [-0.05, 0) is 78.6 Å². The number of fused-ring (bicyclic) bond motifs is 1. The fourth-order valence-corrected chi connectivity index (χ4v) is 6.94. The summed E-state index contributed by atoms with van der Waals surface area (Å²) in [5, 5.41) is 12.7. The zero-order chi connectivity index (χ0) is 28.3. The molecule has 1 aliphatic rings. The van der Waals surface area contributed by atoms with Crippen LogP contribution in [0.25, 0.3) is 0 Å². The molecule has 10 heteroatoms. The van der Waals surface area contributed by atoms with Gasteiger partial charge >= 0.3 is 0 Å². The number of rotatable bonds is 11. The Labute approximate surface area is 249 Å². The van der Waals surface area contributed by atoms with Gasteiger partial charge in [-0.2, -0.15) is 4.31 Å². The monoisotopic (exact) mass is 627 g/mol. The van der Waals surface area contributed by atoms with Crippen molar-refractivity contribution in [2.45, 2.75) is 44.2 Å². The Balaban J connectivity index is 1.52. The van der Waals surface area contributed by atoms with E-state index in [2.05, 4.69) is 0 Å². The van der Waals surface area contributed by atoms with E-state index in [0.717, 1.165) is 16.7 Å². The van der Waals surface area contributed by atoms with Crippen LogP contribution < -0.4 is 0 Å². The van der Waals surface area contributed by atoms with Crippen LogP contribution in [0.15, 0.2) is 60.7 Å². The SMILES string of the molecule is CS(=O)(=O)N(CCC(O)C(CC(=O)c1ccc(Cl)c(Cl)c1)Cc1ccc(Cl)c(Cl)c1)C1Cc2ccccc2C1. The number of hydrogen-bond acceptors (Lipinski definition) is 4. The lowest BCUT2D eigenvalue weighted by atomic mass is 9.86. The van der Waals surface area contributed by atoms with Gasteiger partial charge in [0.25, 0.3) is 0 Å². The van der Waals surface area contributed by atoms with Crippen molar-refractivity contribution in [3.8, 4) is 0 Å². The van der Waals surface area contributed by atoms with Gasteiger partial charge in [0.05, 0.1) is 32.5 Å². The van der Waals surface area contributed by atoms with Crippen molar-refractivity contribution in [3.63, 3.8) is 0 Å². The number of aliphatic hydroxyl groups is 1. The summed E-state index contributed by atoms with van der Waals surface area (Å²) in [6.45, 7) is 0.136. The molecule has 0 spiro atoms. The van der Waals surface area contributed by atoms with Crippen LogP contribution in [0, 0.1) is 5.92 Å². The minimum absolute atomic E-state index is 0.0210. The molecule has 0 aromatic heterocycles. The Morgan fingerprint density at radius 3 is 2.08 bits per heavy atom. The average Bonchev–Trinajstić information content (AvgIpc) is 3.30. The number of carbonyl (C=O) groups excluding carboxylic acids is 1. The molecule has 4 rings (SSSR count). The number of hydrogen-bond donors (Lipinski definition) is 1. The van der Waals surface area contributed by atoms with E-state index in [-0.39, 0.29) is 36.2 Å². The molecule has 0 aliphatic heterocycles. The molecule has 0 fully saturated rings. The number of ketones is 1. The maximum atomic E-state index is 13.2. The molecule has 1 N–H and O–H groups in total. The topological polar surface area (TPSA) is 74.7 Å². The molecule has 208 valence electrons. The first-order valence-corrected chi connectivity index (χ1v) is 15.9. The molecule has 2 atom stereocenters. The Morgan fingerprint density at radius 1 is 0.923 bits per heavy atom. The Morgan fingerprint density at radius 2 is 1.51 bits per heavy atom. The fraction of sp³-hybridized carbons (Fsp3) is 0.345. The second-order valence-corrected chi connectivity index (χ2v) is 13.6. The van der Waals surface area contributed by atoms with E-state index in [1.54, 1.807) is 30.3 Å². The number of halogens is 4. The maximum absolute atomic E-state index is 13.2. The van der Waals surface area contributed by atoms with Crippen LogP contribution in [0.2, 0.25) is 20.1 Å². The van der Waals surface area contributed by atoms with Gasteiger partial charge in [0.15, 0.2) is 5.78 Å². The van der Waals surface area contributed by atoms with Gasteiger partial charge in [-0.15, -0.1) is 0 Å². The van der Waals surface area contributed by atoms with Crippen molar-refractivity contribution >= 4 is 62.2 Å². The van der Waals surface area contributed by atoms with Gasteiger partial charge in [0.2, 0.25) is 10.0 Å². The number of carbonyl (C=O) groups is 1. The Bertz CT molecular complexity index is 1440. The molecule has 5 nitrogen and oxygen atoms in total. The smallest absolute Gasteiger partial charge is 0.211 e. The van der Waals surface area contributed by atoms with Crippen LogP contribution in [0.1, 0.15) is 39.9 Å². The standard InChI is InChI=1S/C29H29Cl4NO4S/c1-39(37,38)34(23-14-19-4-2-3-5-20(19)15-23)11-10-28(35)22(12-18-6-8-24(30)26(32)13-18)17-29(36)21-7-9-25(31)27(33)16-21/h2-9,13,16,22-23,28,35H,10-12,14-15,17H2,1H3. The van der Waals surface area contributed by atoms with E-state index in [1.165, 1.54) is 16.6 Å². The maximum Gasteiger partial charge on any atom is 0.211 e. The normalized spacial score (nSPS) is 15.4. The van der Waals surface area contributed by atoms with Gasteiger partial charge < -0.3 is 5.11 Å². The minimum atomic E-state index is -3.54. The summed E-state index contributed by atoms with van der Waals surface area (Å²) in [6, 6.07) is 17.6. The zero-order valence-corrected chi connectivity index (χ0v) is 25.1. The highest BCUT2D eigenvalue weighted by Crippen LogP contribution is 2.30. The largest absolute Gasteiger partial charge is 0.393 e. The van der Waals surface area contributed by atoms with Crippen LogP contribution in [0.5, 0.6) is 0 Å². The second-order valence-electron chi connectivity index (χ2n) is 10.0. The summed E-state index contributed by atoms with van der Waals surface area (Å²) in [7, 11) is -3.54. The summed E-state index contributed by atoms with van der Waals surface area (Å²) >= 11 is 24.4. The van der Waals surface area contributed by atoms with Gasteiger partial charge in [-0.1, -0.05) is 76.7 Å². The third-order valence-electron chi connectivity index (χ3n) is 7.22. The molecule has 0 saturated heterocycles. The summed E-state index contributed by atoms with van der Waals surface area (Å²) < 4.78 is 27.0. The van der Waals surface area contributed by atoms with Crippen molar-refractivity contribution in [1.82, 2.24) is 4.31 Å². The number of nitrogens with zero attached hydrogens (tertiary/aromatic N) is 1. The molecule has 2 unspecified atom stereocenters. The predicted octanol–water partition coefficient (Wildman–Crippen LogP) is 6.91. The quantitative estimate of drug-likeness (QED) is 0.234. The predicted molar refractivity (Wildman–Crippen MR) is 159 cm³/mol. The lowest BCUT2D eigenvalue weighted by Gasteiger charge is -2.29. The molecule has 0 heterocycles. The molecule has 0 amide bonds. The van der Waals surface area contributed by atoms with Gasteiger partial charge in [-0.25, -0.2) is 8.42 Å². The molecule has 1 aliphatic carbocycles. The summed E-state index contributed by atoms with van der Waals surface area (Å²) in [5.74, 6) is -0.713. The summed E-state index contributed by atoms with van der Waals surface area (Å²) in [6.07, 6.45) is 2.03. The van der Waals surface area contributed by atoms with E-state index in [9.17, 15) is 18.3 Å². The first kappa shape index (κ1) is 30.3. The molecule has 3 aromatic carbocycles. The van der Waals surface area contributed by atoms with Crippen LogP contribution in [0.4, 0.5) is 0 Å². The first-order valence-electron chi connectivity index (χ1n) is 12.6. The third-order valence-corrected chi connectivity index (χ3v) is 10.0. The zero-order valence-electron chi connectivity index (χ0n) is 21.3. The highest BCUT2D eigenvalue weighted by molar-refractivity contribution is 7.88. The first-order chi connectivity index (χ1) is 18.4. The highest BCUT2D eigenvalue weighted by Gasteiger charge is 2.33. The highest BCUT2D eigenvalue weighted by atomic mass is 35.5. The molecular formula is C29H29Cl4NO4S. The molecular weight excluding hydrogens is 600 g/mol. The molecule has 0 saturated carbocycles. The van der Waals surface area contributed by atoms with E-state index in [4.69, 9.17) is 46.4 Å². The van der Waals surface area contributed by atoms with Gasteiger partial charge in [0, 0.05) is 24.6 Å². The number of benzene rings is 3. The Kier molecular flexibility index (Phi) is 10.0. The van der Waals surface area contributed by atoms with Crippen molar-refractivity contribution in [1.29, 1.82) is 0 Å². The van der Waals surface area contributed by atoms with E-state index >= 15 is 0 Å². The van der Waals surface area contributed by atoms with Crippen molar-refractivity contribution in [2.75, 3.05) is 12.8 Å². The van der Waals surface area contributed by atoms with Gasteiger partial charge in [0.1, 0.15) is 0 Å². The van der Waals surface area contributed by atoms with Gasteiger partial charge in [-0.3, -0.25) is 4.79 Å². The Hall–Kier alpha value is -1.64. The lowest BCUT2D eigenvalue weighted by molar-refractivity contribution is 0.0719. The van der Waals surface area contributed by atoms with Crippen LogP contribution in [0.3, 0.4) is 0 Å². The summed E-state index contributed by atoms with van der Waals surface area (Å²) in [5.41, 5.74) is 3.47. The minimum Gasteiger partial charge on any atom is -0.393 e. The lowest BCUT2D eigenvalue weighted by Crippen LogP contribution is -2.42. The van der Waals surface area contributed by atoms with E-state index in [1.807, 2.05) is 24.3 Å². The molecule has 0 bridgehead atoms. The van der Waals surface area contributed by atoms with Crippen LogP contribution >= 0.6 is 46.4 Å². The average molecular weight is 629 g/mol. The van der Waals surface area contributed by atoms with E-state index in [0.29, 0.717) is 39.9 Å².